The standard InChI is InChI=1S/C27H30N4O2/c1-3-29-26(33)27(11-15-31(16-12-27)25(32)24-19-28-13-14-30-24)18-21-8-6-9-22(17-21)23-10-5-4-7-20(23)2/h4-10,13-14,17,19H,3,11-12,15-16,18H2,1-2H3,(H,29,33). The van der Waals surface area contributed by atoms with E-state index in [9.17, 15) is 9.59 Å². The van der Waals surface area contributed by atoms with Crippen LogP contribution in [-0.4, -0.2) is 46.3 Å². The van der Waals surface area contributed by atoms with Gasteiger partial charge in [0.15, 0.2) is 0 Å². The Labute approximate surface area is 195 Å². The monoisotopic (exact) mass is 442 g/mol. The predicted molar refractivity (Wildman–Crippen MR) is 129 cm³/mol. The number of hydrogen-bond donors (Lipinski definition) is 1. The molecular formula is C27H30N4O2. The molecule has 3 aromatic rings. The fourth-order valence-corrected chi connectivity index (χ4v) is 4.68. The van der Waals surface area contributed by atoms with Crippen LogP contribution in [0.2, 0.25) is 0 Å². The van der Waals surface area contributed by atoms with Gasteiger partial charge in [-0.2, -0.15) is 0 Å². The third-order valence-corrected chi connectivity index (χ3v) is 6.53. The molecule has 0 radical (unpaired) electrons. The first-order valence-electron chi connectivity index (χ1n) is 11.5. The minimum atomic E-state index is -0.542. The van der Waals surface area contributed by atoms with Crippen LogP contribution in [0.25, 0.3) is 11.1 Å². The summed E-state index contributed by atoms with van der Waals surface area (Å²) in [6.45, 7) is 5.68. The summed E-state index contributed by atoms with van der Waals surface area (Å²) < 4.78 is 0. The third kappa shape index (κ3) is 4.95. The lowest BCUT2D eigenvalue weighted by Gasteiger charge is -2.40. The number of amides is 2. The average Bonchev–Trinajstić information content (AvgIpc) is 2.85. The molecule has 6 heteroatoms. The van der Waals surface area contributed by atoms with E-state index in [0.29, 0.717) is 44.6 Å². The Hall–Kier alpha value is -3.54. The van der Waals surface area contributed by atoms with Gasteiger partial charge < -0.3 is 10.2 Å². The number of carbonyl (C=O) groups is 2. The lowest BCUT2D eigenvalue weighted by Crippen LogP contribution is -2.51. The second-order valence-corrected chi connectivity index (χ2v) is 8.71. The average molecular weight is 443 g/mol. The van der Waals surface area contributed by atoms with E-state index in [1.807, 2.05) is 13.0 Å². The van der Waals surface area contributed by atoms with Crippen LogP contribution in [0.15, 0.2) is 67.1 Å². The van der Waals surface area contributed by atoms with Gasteiger partial charge in [-0.15, -0.1) is 0 Å². The van der Waals surface area contributed by atoms with Gasteiger partial charge >= 0.3 is 0 Å². The van der Waals surface area contributed by atoms with Crippen molar-refractivity contribution < 1.29 is 9.59 Å². The molecule has 2 amide bonds. The molecule has 6 nitrogen and oxygen atoms in total. The van der Waals surface area contributed by atoms with Crippen LogP contribution in [-0.2, 0) is 11.2 Å². The van der Waals surface area contributed by atoms with Crippen LogP contribution >= 0.6 is 0 Å². The first-order chi connectivity index (χ1) is 16.0. The number of carbonyl (C=O) groups excluding carboxylic acids is 2. The van der Waals surface area contributed by atoms with Crippen LogP contribution in [0.3, 0.4) is 0 Å². The first-order valence-corrected chi connectivity index (χ1v) is 11.5. The van der Waals surface area contributed by atoms with Crippen LogP contribution < -0.4 is 5.32 Å². The fourth-order valence-electron chi connectivity index (χ4n) is 4.68. The van der Waals surface area contributed by atoms with Gasteiger partial charge in [0.2, 0.25) is 5.91 Å². The topological polar surface area (TPSA) is 75.2 Å². The van der Waals surface area contributed by atoms with Crippen molar-refractivity contribution in [1.29, 1.82) is 0 Å². The molecule has 33 heavy (non-hydrogen) atoms. The van der Waals surface area contributed by atoms with Crippen molar-refractivity contribution in [3.05, 3.63) is 83.9 Å². The number of rotatable bonds is 6. The van der Waals surface area contributed by atoms with Gasteiger partial charge in [-0.05, 0) is 55.4 Å². The maximum absolute atomic E-state index is 13.2. The number of aryl methyl sites for hydroxylation is 1. The highest BCUT2D eigenvalue weighted by Crippen LogP contribution is 2.37. The zero-order chi connectivity index (χ0) is 23.3. The van der Waals surface area contributed by atoms with E-state index < -0.39 is 5.41 Å². The van der Waals surface area contributed by atoms with E-state index in [0.717, 1.165) is 11.1 Å². The minimum Gasteiger partial charge on any atom is -0.356 e. The van der Waals surface area contributed by atoms with Crippen molar-refractivity contribution in [3.63, 3.8) is 0 Å². The molecule has 170 valence electrons. The molecule has 0 unspecified atom stereocenters. The van der Waals surface area contributed by atoms with Crippen LogP contribution in [0.4, 0.5) is 0 Å². The van der Waals surface area contributed by atoms with Crippen LogP contribution in [0, 0.1) is 12.3 Å². The number of nitrogens with one attached hydrogen (secondary N) is 1. The highest BCUT2D eigenvalue weighted by atomic mass is 16.2. The maximum atomic E-state index is 13.2. The number of aromatic nitrogens is 2. The van der Waals surface area contributed by atoms with E-state index >= 15 is 0 Å². The van der Waals surface area contributed by atoms with Crippen LogP contribution in [0.5, 0.6) is 0 Å². The number of piperidine rings is 1. The SMILES string of the molecule is CCNC(=O)C1(Cc2cccc(-c3ccccc3C)c2)CCN(C(=O)c2cnccn2)CC1. The number of likely N-dealkylation sites (tertiary alicyclic amines) is 1. The molecule has 2 heterocycles. The summed E-state index contributed by atoms with van der Waals surface area (Å²) >= 11 is 0. The van der Waals surface area contributed by atoms with Gasteiger partial charge in [0.1, 0.15) is 5.69 Å². The van der Waals surface area contributed by atoms with Gasteiger partial charge in [0, 0.05) is 32.0 Å². The Morgan fingerprint density at radius 3 is 2.55 bits per heavy atom. The number of hydrogen-bond acceptors (Lipinski definition) is 4. The fraction of sp³-hybridized carbons (Fsp3) is 0.333. The first kappa shape index (κ1) is 22.6. The summed E-state index contributed by atoms with van der Waals surface area (Å²) in [7, 11) is 0. The Bertz CT molecular complexity index is 1120. The zero-order valence-corrected chi connectivity index (χ0v) is 19.3. The Balaban J connectivity index is 1.55. The molecule has 2 aromatic carbocycles. The van der Waals surface area contributed by atoms with Crippen molar-refractivity contribution in [2.24, 2.45) is 5.41 Å². The third-order valence-electron chi connectivity index (χ3n) is 6.53. The molecular weight excluding hydrogens is 412 g/mol. The summed E-state index contributed by atoms with van der Waals surface area (Å²) in [6.07, 6.45) is 6.44. The minimum absolute atomic E-state index is 0.0675. The van der Waals surface area contributed by atoms with E-state index in [2.05, 4.69) is 64.7 Å². The lowest BCUT2D eigenvalue weighted by atomic mass is 9.72. The highest BCUT2D eigenvalue weighted by Gasteiger charge is 2.42. The van der Waals surface area contributed by atoms with Crippen molar-refractivity contribution in [1.82, 2.24) is 20.2 Å². The largest absolute Gasteiger partial charge is 0.356 e. The second kappa shape index (κ2) is 9.94. The molecule has 1 N–H and O–H groups in total. The molecule has 4 rings (SSSR count). The van der Waals surface area contributed by atoms with Gasteiger partial charge in [-0.1, -0.05) is 48.5 Å². The number of nitrogens with zero attached hydrogens (tertiary/aromatic N) is 3. The molecule has 0 bridgehead atoms. The van der Waals surface area contributed by atoms with Crippen LogP contribution in [0.1, 0.15) is 41.4 Å². The Kier molecular flexibility index (Phi) is 6.82. The van der Waals surface area contributed by atoms with E-state index in [1.165, 1.54) is 23.5 Å². The summed E-state index contributed by atoms with van der Waals surface area (Å²) in [5, 5.41) is 3.04. The zero-order valence-electron chi connectivity index (χ0n) is 19.3. The van der Waals surface area contributed by atoms with Gasteiger partial charge in [-0.25, -0.2) is 4.98 Å². The number of benzene rings is 2. The van der Waals surface area contributed by atoms with Gasteiger partial charge in [0.05, 0.1) is 11.6 Å². The molecule has 1 aromatic heterocycles. The van der Waals surface area contributed by atoms with Crippen molar-refractivity contribution in [3.8, 4) is 11.1 Å². The summed E-state index contributed by atoms with van der Waals surface area (Å²) in [4.78, 5) is 36.0. The summed E-state index contributed by atoms with van der Waals surface area (Å²) in [5.74, 6) is -0.0629. The van der Waals surface area contributed by atoms with Crippen molar-refractivity contribution >= 4 is 11.8 Å². The molecule has 0 atom stereocenters. The molecule has 1 aliphatic rings. The van der Waals surface area contributed by atoms with E-state index in [4.69, 9.17) is 0 Å². The van der Waals surface area contributed by atoms with E-state index in [1.54, 1.807) is 11.1 Å². The molecule has 0 spiro atoms. The van der Waals surface area contributed by atoms with Crippen molar-refractivity contribution in [2.45, 2.75) is 33.1 Å². The maximum Gasteiger partial charge on any atom is 0.274 e. The Morgan fingerprint density at radius 2 is 1.85 bits per heavy atom. The Morgan fingerprint density at radius 1 is 1.06 bits per heavy atom. The summed E-state index contributed by atoms with van der Waals surface area (Å²) in [6, 6.07) is 16.8. The highest BCUT2D eigenvalue weighted by molar-refractivity contribution is 5.92. The molecule has 1 fully saturated rings. The normalized spacial score (nSPS) is 15.2. The quantitative estimate of drug-likeness (QED) is 0.625. The molecule has 0 aliphatic carbocycles. The van der Waals surface area contributed by atoms with Gasteiger partial charge in [-0.3, -0.25) is 14.6 Å². The predicted octanol–water partition coefficient (Wildman–Crippen LogP) is 4.05. The smallest absolute Gasteiger partial charge is 0.274 e. The van der Waals surface area contributed by atoms with Crippen molar-refractivity contribution in [2.75, 3.05) is 19.6 Å². The van der Waals surface area contributed by atoms with E-state index in [-0.39, 0.29) is 11.8 Å². The van der Waals surface area contributed by atoms with Gasteiger partial charge in [0.25, 0.3) is 5.91 Å². The second-order valence-electron chi connectivity index (χ2n) is 8.71. The molecule has 1 saturated heterocycles. The molecule has 1 aliphatic heterocycles. The summed E-state index contributed by atoms with van der Waals surface area (Å²) in [5.41, 5.74) is 4.52. The lowest BCUT2D eigenvalue weighted by molar-refractivity contribution is -0.133. The molecule has 0 saturated carbocycles.